The van der Waals surface area contributed by atoms with Crippen molar-refractivity contribution in [3.63, 3.8) is 0 Å². The summed E-state index contributed by atoms with van der Waals surface area (Å²) in [5, 5.41) is 19.8. The third kappa shape index (κ3) is 10.9. The quantitative estimate of drug-likeness (QED) is 0.0336. The summed E-state index contributed by atoms with van der Waals surface area (Å²) in [6.07, 6.45) is 5.91. The van der Waals surface area contributed by atoms with Crippen molar-refractivity contribution in [3.05, 3.63) is 105 Å². The summed E-state index contributed by atoms with van der Waals surface area (Å²) in [5.41, 5.74) is 7.98. The van der Waals surface area contributed by atoms with Crippen LogP contribution in [0.4, 0.5) is 0 Å². The Bertz CT molecular complexity index is 1980. The van der Waals surface area contributed by atoms with Crippen LogP contribution in [0, 0.1) is 18.3 Å². The van der Waals surface area contributed by atoms with Gasteiger partial charge in [-0.2, -0.15) is 5.26 Å². The van der Waals surface area contributed by atoms with Crippen molar-refractivity contribution in [1.82, 2.24) is 25.9 Å². The molecule has 4 aromatic rings. The summed E-state index contributed by atoms with van der Waals surface area (Å²) in [6.45, 7) is 7.58. The van der Waals surface area contributed by atoms with Gasteiger partial charge in [-0.05, 0) is 61.1 Å². The highest BCUT2D eigenvalue weighted by atomic mass is 35.5. The number of likely N-dealkylation sites (tertiary alicyclic amines) is 1. The van der Waals surface area contributed by atoms with Crippen molar-refractivity contribution in [2.24, 2.45) is 16.8 Å². The van der Waals surface area contributed by atoms with Gasteiger partial charge in [0.25, 0.3) is 0 Å². The summed E-state index contributed by atoms with van der Waals surface area (Å²) in [4.78, 5) is 17.9. The van der Waals surface area contributed by atoms with Crippen LogP contribution in [0.1, 0.15) is 54.0 Å². The first-order chi connectivity index (χ1) is 26.2. The van der Waals surface area contributed by atoms with E-state index >= 15 is 0 Å². The van der Waals surface area contributed by atoms with E-state index in [1.807, 2.05) is 43.3 Å². The third-order valence-electron chi connectivity index (χ3n) is 9.10. The van der Waals surface area contributed by atoms with Gasteiger partial charge in [0.1, 0.15) is 36.5 Å². The first-order valence-electron chi connectivity index (χ1n) is 17.6. The summed E-state index contributed by atoms with van der Waals surface area (Å²) < 4.78 is 18.6. The average Bonchev–Trinajstić information content (AvgIpc) is 3.17. The molecule has 0 saturated carbocycles. The van der Waals surface area contributed by atoms with Crippen LogP contribution in [0.15, 0.2) is 72.1 Å². The average molecular weight is 775 g/mol. The van der Waals surface area contributed by atoms with Crippen LogP contribution in [0.25, 0.3) is 11.1 Å². The molecule has 3 aromatic carbocycles. The highest BCUT2D eigenvalue weighted by molar-refractivity contribution is 6.35. The largest absolute Gasteiger partial charge is 0.492 e. The second-order valence-corrected chi connectivity index (χ2v) is 13.6. The Morgan fingerprint density at radius 1 is 1.00 bits per heavy atom. The Balaban J connectivity index is 1.25. The molecule has 0 radical (unpaired) electrons. The molecule has 15 heteroatoms. The molecule has 0 aliphatic carbocycles. The van der Waals surface area contributed by atoms with Crippen LogP contribution >= 0.6 is 23.2 Å². The number of amides is 1. The highest BCUT2D eigenvalue weighted by Crippen LogP contribution is 2.38. The molecule has 0 bridgehead atoms. The second kappa shape index (κ2) is 19.7. The predicted molar refractivity (Wildman–Crippen MR) is 210 cm³/mol. The molecule has 54 heavy (non-hydrogen) atoms. The summed E-state index contributed by atoms with van der Waals surface area (Å²) in [7, 11) is 0. The molecule has 13 nitrogen and oxygen atoms in total. The molecule has 0 unspecified atom stereocenters. The number of halogens is 2. The van der Waals surface area contributed by atoms with E-state index in [-0.39, 0.29) is 37.7 Å². The fourth-order valence-electron chi connectivity index (χ4n) is 6.24. The molecular formula is C39H45Cl2N9O4. The highest BCUT2D eigenvalue weighted by Gasteiger charge is 2.20. The summed E-state index contributed by atoms with van der Waals surface area (Å²) in [6, 6.07) is 19.3. The molecule has 1 amide bonds. The number of carbonyl (C=O) groups excluding carboxylic acids is 1. The van der Waals surface area contributed by atoms with Gasteiger partial charge in [0.2, 0.25) is 11.9 Å². The number of nitriles is 1. The zero-order valence-electron chi connectivity index (χ0n) is 30.3. The molecule has 2 heterocycles. The number of guanidine groups is 1. The normalized spacial score (nSPS) is 13.5. The fraction of sp³-hybridized carbons (Fsp3) is 0.333. The molecule has 0 spiro atoms. The molecule has 1 fully saturated rings. The lowest BCUT2D eigenvalue weighted by Crippen LogP contribution is -2.44. The zero-order valence-corrected chi connectivity index (χ0v) is 31.8. The zero-order chi connectivity index (χ0) is 38.5. The molecule has 1 aromatic heterocycles. The Labute approximate surface area is 325 Å². The maximum atomic E-state index is 11.4. The number of hydrazine groups is 1. The van der Waals surface area contributed by atoms with Crippen molar-refractivity contribution in [1.29, 1.82) is 5.26 Å². The van der Waals surface area contributed by atoms with Gasteiger partial charge in [-0.1, -0.05) is 53.5 Å². The third-order valence-corrected chi connectivity index (χ3v) is 9.78. The van der Waals surface area contributed by atoms with E-state index in [4.69, 9.17) is 49.1 Å². The van der Waals surface area contributed by atoms with E-state index in [9.17, 15) is 10.1 Å². The molecule has 5 rings (SSSR count). The Hall–Kier alpha value is -5.26. The van der Waals surface area contributed by atoms with Crippen LogP contribution in [0.5, 0.6) is 17.2 Å². The van der Waals surface area contributed by atoms with E-state index in [0.717, 1.165) is 66.7 Å². The van der Waals surface area contributed by atoms with Crippen molar-refractivity contribution in [3.8, 4) is 34.4 Å². The lowest BCUT2D eigenvalue weighted by Gasteiger charge is -2.32. The first kappa shape index (κ1) is 39.9. The summed E-state index contributed by atoms with van der Waals surface area (Å²) >= 11 is 13.7. The molecule has 1 saturated heterocycles. The van der Waals surface area contributed by atoms with Gasteiger partial charge < -0.3 is 35.6 Å². The van der Waals surface area contributed by atoms with E-state index in [0.29, 0.717) is 45.0 Å². The second-order valence-electron chi connectivity index (χ2n) is 12.9. The Kier molecular flexibility index (Phi) is 14.6. The number of nitrogens with zero attached hydrogens (tertiary/aromatic N) is 4. The van der Waals surface area contributed by atoms with Crippen molar-refractivity contribution < 1.29 is 19.0 Å². The van der Waals surface area contributed by atoms with E-state index in [1.165, 1.54) is 6.20 Å². The Morgan fingerprint density at radius 2 is 1.76 bits per heavy atom. The van der Waals surface area contributed by atoms with Gasteiger partial charge >= 0.3 is 0 Å². The number of nitrogens with one attached hydrogen (secondary N) is 3. The van der Waals surface area contributed by atoms with Gasteiger partial charge in [-0.25, -0.2) is 5.84 Å². The number of carbonyl (C=O) groups is 1. The van der Waals surface area contributed by atoms with Gasteiger partial charge in [0, 0.05) is 74.3 Å². The van der Waals surface area contributed by atoms with Crippen LogP contribution < -0.4 is 42.0 Å². The number of piperidine rings is 1. The lowest BCUT2D eigenvalue weighted by molar-refractivity contribution is -0.119. The number of hydrogen-bond acceptors (Lipinski definition) is 10. The topological polar surface area (TPSA) is 185 Å². The smallest absolute Gasteiger partial charge is 0.227 e. The summed E-state index contributed by atoms with van der Waals surface area (Å²) in [5.74, 6) is 12.6. The van der Waals surface area contributed by atoms with E-state index < -0.39 is 0 Å². The number of ether oxygens (including phenoxy) is 3. The monoisotopic (exact) mass is 773 g/mol. The predicted octanol–water partition coefficient (Wildman–Crippen LogP) is 5.55. The van der Waals surface area contributed by atoms with Crippen LogP contribution in [0.3, 0.4) is 0 Å². The number of hydrogen-bond donors (Lipinski definition) is 5. The van der Waals surface area contributed by atoms with Crippen molar-refractivity contribution >= 4 is 35.1 Å². The standard InChI is InChI=1S/C39H45Cl2N9O4/c1-25-29(6-3-7-32(25)33-8-4-9-35(38(33)41)52-15-5-12-50-13-10-31(11-14-50)47-26(2)51)24-54-37-18-36(53-23-28-16-27(19-42)20-45-21-28)30(17-34(37)40)22-46-39(48-43)49-44/h3-4,6-9,16-18,20-21,31H,5,10-15,22-24,43-44H2,1-2H3,(H,47,51)(H2,46,48,49). The van der Waals surface area contributed by atoms with Crippen LogP contribution in [-0.2, 0) is 24.6 Å². The maximum Gasteiger partial charge on any atom is 0.227 e. The minimum absolute atomic E-state index is 0.0311. The van der Waals surface area contributed by atoms with Crippen LogP contribution in [-0.4, -0.2) is 54.0 Å². The maximum absolute atomic E-state index is 11.4. The van der Waals surface area contributed by atoms with E-state index in [2.05, 4.69) is 37.1 Å². The fourth-order valence-corrected chi connectivity index (χ4v) is 6.76. The van der Waals surface area contributed by atoms with Gasteiger partial charge in [0.15, 0.2) is 0 Å². The molecule has 0 atom stereocenters. The van der Waals surface area contributed by atoms with Gasteiger partial charge in [-0.3, -0.25) is 15.2 Å². The molecule has 7 N–H and O–H groups in total. The SMILES string of the molecule is CC(=O)NC1CCN(CCCOc2cccc(-c3cccc(COc4cc(OCc5cncc(C#N)c5)c(CN/C(=N/N)NN)cc4Cl)c3C)c2Cl)CC1. The lowest BCUT2D eigenvalue weighted by atomic mass is 9.96. The van der Waals surface area contributed by atoms with Gasteiger partial charge in [-0.15, -0.1) is 5.10 Å². The van der Waals surface area contributed by atoms with Crippen molar-refractivity contribution in [2.75, 3.05) is 26.2 Å². The number of benzene rings is 3. The van der Waals surface area contributed by atoms with Crippen LogP contribution in [0.2, 0.25) is 10.0 Å². The minimum atomic E-state index is 0.0311. The number of aromatic nitrogens is 1. The van der Waals surface area contributed by atoms with Crippen molar-refractivity contribution in [2.45, 2.75) is 58.9 Å². The number of hydrazone groups is 1. The number of rotatable bonds is 15. The number of nitrogens with two attached hydrogens (primary N) is 2. The minimum Gasteiger partial charge on any atom is -0.492 e. The number of pyridine rings is 1. The Morgan fingerprint density at radius 3 is 2.50 bits per heavy atom. The first-order valence-corrected chi connectivity index (χ1v) is 18.3. The molecule has 1 aliphatic heterocycles. The van der Waals surface area contributed by atoms with E-state index in [1.54, 1.807) is 31.3 Å². The molecular weight excluding hydrogens is 729 g/mol. The molecule has 1 aliphatic rings. The molecule has 284 valence electrons. The van der Waals surface area contributed by atoms with Gasteiger partial charge in [0.05, 0.1) is 22.2 Å².